The minimum Gasteiger partial charge on any atom is -0.355 e. The van der Waals surface area contributed by atoms with Gasteiger partial charge in [0.2, 0.25) is 5.91 Å². The first-order valence-corrected chi connectivity index (χ1v) is 5.37. The second-order valence-corrected chi connectivity index (χ2v) is 3.68. The second-order valence-electron chi connectivity index (χ2n) is 3.68. The third kappa shape index (κ3) is 4.40. The summed E-state index contributed by atoms with van der Waals surface area (Å²) in [5.74, 6) is 5.97. The van der Waals surface area contributed by atoms with E-state index in [1.807, 2.05) is 19.1 Å². The SMILES string of the molecule is CC(=O)NCCC#Cc1ccc(C#N)cc1C. The van der Waals surface area contributed by atoms with Gasteiger partial charge in [-0.3, -0.25) is 4.79 Å². The van der Waals surface area contributed by atoms with E-state index in [0.29, 0.717) is 18.5 Å². The summed E-state index contributed by atoms with van der Waals surface area (Å²) in [6, 6.07) is 7.51. The molecule has 0 atom stereocenters. The predicted molar refractivity (Wildman–Crippen MR) is 66.1 cm³/mol. The number of nitrogens with one attached hydrogen (secondary N) is 1. The van der Waals surface area contributed by atoms with E-state index in [4.69, 9.17) is 5.26 Å². The van der Waals surface area contributed by atoms with Crippen LogP contribution in [0.1, 0.15) is 30.0 Å². The standard InChI is InChI=1S/C14H14N2O/c1-11-9-13(10-15)6-7-14(11)5-3-4-8-16-12(2)17/h6-7,9H,4,8H2,1-2H3,(H,16,17). The zero-order valence-electron chi connectivity index (χ0n) is 10.0. The number of benzene rings is 1. The Labute approximate surface area is 101 Å². The van der Waals surface area contributed by atoms with Gasteiger partial charge in [-0.25, -0.2) is 0 Å². The Kier molecular flexibility index (Phi) is 4.78. The fourth-order valence-corrected chi connectivity index (χ4v) is 1.33. The van der Waals surface area contributed by atoms with Crippen LogP contribution in [-0.4, -0.2) is 12.5 Å². The third-order valence-corrected chi connectivity index (χ3v) is 2.20. The number of hydrogen-bond donors (Lipinski definition) is 1. The molecule has 3 nitrogen and oxygen atoms in total. The minimum atomic E-state index is -0.0404. The molecule has 86 valence electrons. The molecule has 1 amide bonds. The predicted octanol–water partition coefficient (Wildman–Crippen LogP) is 1.74. The average Bonchev–Trinajstić information content (AvgIpc) is 2.30. The lowest BCUT2D eigenvalue weighted by molar-refractivity contribution is -0.118. The summed E-state index contributed by atoms with van der Waals surface area (Å²) in [5, 5.41) is 11.4. The summed E-state index contributed by atoms with van der Waals surface area (Å²) in [4.78, 5) is 10.6. The van der Waals surface area contributed by atoms with Crippen LogP contribution in [0.3, 0.4) is 0 Å². The monoisotopic (exact) mass is 226 g/mol. The molecule has 0 spiro atoms. The van der Waals surface area contributed by atoms with Crippen molar-refractivity contribution in [3.63, 3.8) is 0 Å². The number of amides is 1. The molecular weight excluding hydrogens is 212 g/mol. The fraction of sp³-hybridized carbons (Fsp3) is 0.286. The molecule has 0 radical (unpaired) electrons. The number of aryl methyl sites for hydroxylation is 1. The molecule has 0 aliphatic heterocycles. The van der Waals surface area contributed by atoms with Gasteiger partial charge in [-0.2, -0.15) is 5.26 Å². The Balaban J connectivity index is 2.60. The van der Waals surface area contributed by atoms with Crippen molar-refractivity contribution in [2.45, 2.75) is 20.3 Å². The summed E-state index contributed by atoms with van der Waals surface area (Å²) in [5.41, 5.74) is 2.56. The molecule has 1 aromatic carbocycles. The molecule has 0 aliphatic rings. The fourth-order valence-electron chi connectivity index (χ4n) is 1.33. The van der Waals surface area contributed by atoms with Crippen LogP contribution in [-0.2, 0) is 4.79 Å². The van der Waals surface area contributed by atoms with Crippen LogP contribution < -0.4 is 5.32 Å². The summed E-state index contributed by atoms with van der Waals surface area (Å²) in [6.45, 7) is 3.98. The number of nitriles is 1. The lowest BCUT2D eigenvalue weighted by atomic mass is 10.1. The van der Waals surface area contributed by atoms with Gasteiger partial charge in [0.1, 0.15) is 0 Å². The van der Waals surface area contributed by atoms with Gasteiger partial charge in [0.15, 0.2) is 0 Å². The van der Waals surface area contributed by atoms with Crippen LogP contribution in [0, 0.1) is 30.1 Å². The summed E-state index contributed by atoms with van der Waals surface area (Å²) >= 11 is 0. The maximum absolute atomic E-state index is 10.6. The molecule has 1 aromatic rings. The molecule has 17 heavy (non-hydrogen) atoms. The van der Waals surface area contributed by atoms with E-state index in [-0.39, 0.29) is 5.91 Å². The van der Waals surface area contributed by atoms with Crippen molar-refractivity contribution in [3.05, 3.63) is 34.9 Å². The lowest BCUT2D eigenvalue weighted by Crippen LogP contribution is -2.20. The molecular formula is C14H14N2O. The first-order valence-electron chi connectivity index (χ1n) is 5.37. The number of rotatable bonds is 2. The van der Waals surface area contributed by atoms with Crippen LogP contribution in [0.25, 0.3) is 0 Å². The Morgan fingerprint density at radius 2 is 2.24 bits per heavy atom. The largest absolute Gasteiger partial charge is 0.355 e. The normalized spacial score (nSPS) is 8.76. The zero-order chi connectivity index (χ0) is 12.7. The Morgan fingerprint density at radius 3 is 2.82 bits per heavy atom. The summed E-state index contributed by atoms with van der Waals surface area (Å²) in [6.07, 6.45) is 0.624. The molecule has 0 fully saturated rings. The van der Waals surface area contributed by atoms with E-state index >= 15 is 0 Å². The van der Waals surface area contributed by atoms with Crippen molar-refractivity contribution in [2.24, 2.45) is 0 Å². The van der Waals surface area contributed by atoms with E-state index in [2.05, 4.69) is 23.2 Å². The summed E-state index contributed by atoms with van der Waals surface area (Å²) in [7, 11) is 0. The van der Waals surface area contributed by atoms with Crippen molar-refractivity contribution in [1.82, 2.24) is 5.32 Å². The maximum atomic E-state index is 10.6. The van der Waals surface area contributed by atoms with E-state index in [1.165, 1.54) is 6.92 Å². The molecule has 0 saturated heterocycles. The highest BCUT2D eigenvalue weighted by atomic mass is 16.1. The number of carbonyl (C=O) groups is 1. The molecule has 0 unspecified atom stereocenters. The second kappa shape index (κ2) is 6.35. The Hall–Kier alpha value is -2.26. The van der Waals surface area contributed by atoms with Gasteiger partial charge in [-0.05, 0) is 30.7 Å². The Bertz CT molecular complexity index is 515. The van der Waals surface area contributed by atoms with Crippen molar-refractivity contribution in [2.75, 3.05) is 6.54 Å². The molecule has 1 rings (SSSR count). The smallest absolute Gasteiger partial charge is 0.216 e. The van der Waals surface area contributed by atoms with Crippen molar-refractivity contribution >= 4 is 5.91 Å². The van der Waals surface area contributed by atoms with Crippen molar-refractivity contribution in [1.29, 1.82) is 5.26 Å². The number of hydrogen-bond acceptors (Lipinski definition) is 2. The molecule has 0 aromatic heterocycles. The molecule has 0 saturated carbocycles. The van der Waals surface area contributed by atoms with Gasteiger partial charge in [-0.15, -0.1) is 0 Å². The topological polar surface area (TPSA) is 52.9 Å². The Morgan fingerprint density at radius 1 is 1.47 bits per heavy atom. The highest BCUT2D eigenvalue weighted by Crippen LogP contribution is 2.08. The highest BCUT2D eigenvalue weighted by Gasteiger charge is 1.96. The molecule has 0 heterocycles. The first-order chi connectivity index (χ1) is 8.13. The molecule has 3 heteroatoms. The van der Waals surface area contributed by atoms with Crippen LogP contribution in [0.5, 0.6) is 0 Å². The van der Waals surface area contributed by atoms with E-state index in [1.54, 1.807) is 6.07 Å². The van der Waals surface area contributed by atoms with Gasteiger partial charge < -0.3 is 5.32 Å². The minimum absolute atomic E-state index is 0.0404. The maximum Gasteiger partial charge on any atom is 0.216 e. The third-order valence-electron chi connectivity index (χ3n) is 2.20. The first kappa shape index (κ1) is 12.8. The van der Waals surface area contributed by atoms with Gasteiger partial charge in [-0.1, -0.05) is 11.8 Å². The van der Waals surface area contributed by atoms with Crippen LogP contribution in [0.15, 0.2) is 18.2 Å². The zero-order valence-corrected chi connectivity index (χ0v) is 10.0. The average molecular weight is 226 g/mol. The molecule has 0 bridgehead atoms. The van der Waals surface area contributed by atoms with Gasteiger partial charge in [0.05, 0.1) is 11.6 Å². The van der Waals surface area contributed by atoms with E-state index in [0.717, 1.165) is 11.1 Å². The molecule has 0 aliphatic carbocycles. The van der Waals surface area contributed by atoms with Gasteiger partial charge in [0, 0.05) is 25.5 Å². The van der Waals surface area contributed by atoms with Crippen LogP contribution in [0.2, 0.25) is 0 Å². The van der Waals surface area contributed by atoms with Crippen molar-refractivity contribution in [3.8, 4) is 17.9 Å². The number of carbonyl (C=O) groups excluding carboxylic acids is 1. The number of nitrogens with zero attached hydrogens (tertiary/aromatic N) is 1. The van der Waals surface area contributed by atoms with Crippen LogP contribution >= 0.6 is 0 Å². The van der Waals surface area contributed by atoms with Gasteiger partial charge >= 0.3 is 0 Å². The lowest BCUT2D eigenvalue weighted by Gasteiger charge is -1.98. The highest BCUT2D eigenvalue weighted by molar-refractivity contribution is 5.72. The van der Waals surface area contributed by atoms with Crippen molar-refractivity contribution < 1.29 is 4.79 Å². The van der Waals surface area contributed by atoms with E-state index in [9.17, 15) is 4.79 Å². The molecule has 1 N–H and O–H groups in total. The van der Waals surface area contributed by atoms with Gasteiger partial charge in [0.25, 0.3) is 0 Å². The summed E-state index contributed by atoms with van der Waals surface area (Å²) < 4.78 is 0. The van der Waals surface area contributed by atoms with Crippen LogP contribution in [0.4, 0.5) is 0 Å². The van der Waals surface area contributed by atoms with E-state index < -0.39 is 0 Å². The quantitative estimate of drug-likeness (QED) is 0.617.